The number of thioether (sulfide) groups is 1. The smallest absolute Gasteiger partial charge is 0.178 e. The number of ether oxygens (including phenoxy) is 1. The quantitative estimate of drug-likeness (QED) is 0.904. The summed E-state index contributed by atoms with van der Waals surface area (Å²) in [5.41, 5.74) is 5.03. The molecule has 1 heterocycles. The predicted octanol–water partition coefficient (Wildman–Crippen LogP) is 2.89. The number of hydrogen-bond donors (Lipinski definition) is 1. The molecule has 0 atom stereocenters. The Morgan fingerprint density at radius 2 is 2.16 bits per heavy atom. The van der Waals surface area contributed by atoms with Crippen molar-refractivity contribution < 1.29 is 4.74 Å². The van der Waals surface area contributed by atoms with Crippen LogP contribution in [0.2, 0.25) is 0 Å². The van der Waals surface area contributed by atoms with Crippen molar-refractivity contribution in [3.8, 4) is 5.75 Å². The molecule has 0 aromatic heterocycles. The lowest BCUT2D eigenvalue weighted by Gasteiger charge is -2.19. The van der Waals surface area contributed by atoms with Gasteiger partial charge in [-0.3, -0.25) is 10.4 Å². The molecular formula is C14H19N3OS. The monoisotopic (exact) mass is 277 g/mol. The molecule has 0 radical (unpaired) electrons. The number of nitrogens with zero attached hydrogens (tertiary/aromatic N) is 2. The van der Waals surface area contributed by atoms with Gasteiger partial charge in [-0.2, -0.15) is 5.10 Å². The van der Waals surface area contributed by atoms with Crippen molar-refractivity contribution in [2.24, 2.45) is 10.1 Å². The fourth-order valence-electron chi connectivity index (χ4n) is 1.63. The average Bonchev–Trinajstić information content (AvgIpc) is 2.38. The number of nitrogens with one attached hydrogen (secondary N) is 1. The second kappa shape index (κ2) is 5.65. The first kappa shape index (κ1) is 13.9. The third-order valence-corrected chi connectivity index (χ3v) is 3.35. The van der Waals surface area contributed by atoms with Crippen LogP contribution in [-0.4, -0.2) is 29.3 Å². The van der Waals surface area contributed by atoms with Crippen LogP contribution in [0.5, 0.6) is 5.75 Å². The van der Waals surface area contributed by atoms with Gasteiger partial charge in [0.05, 0.1) is 18.4 Å². The van der Waals surface area contributed by atoms with Gasteiger partial charge in [0.2, 0.25) is 0 Å². The van der Waals surface area contributed by atoms with Crippen molar-refractivity contribution in [1.29, 1.82) is 0 Å². The fraction of sp³-hybridized carbons (Fsp3) is 0.429. The lowest BCUT2D eigenvalue weighted by molar-refractivity contribution is 0.414. The van der Waals surface area contributed by atoms with Gasteiger partial charge in [0.25, 0.3) is 0 Å². The summed E-state index contributed by atoms with van der Waals surface area (Å²) >= 11 is 1.67. The van der Waals surface area contributed by atoms with Crippen LogP contribution in [0.25, 0.3) is 0 Å². The zero-order valence-corrected chi connectivity index (χ0v) is 12.5. The van der Waals surface area contributed by atoms with Gasteiger partial charge < -0.3 is 4.74 Å². The van der Waals surface area contributed by atoms with E-state index in [9.17, 15) is 0 Å². The first-order valence-electron chi connectivity index (χ1n) is 6.17. The summed E-state index contributed by atoms with van der Waals surface area (Å²) in [4.78, 5) is 4.57. The molecule has 0 aliphatic carbocycles. The Hall–Kier alpha value is -1.49. The molecule has 0 saturated heterocycles. The minimum atomic E-state index is -0.0850. The molecule has 2 rings (SSSR count). The van der Waals surface area contributed by atoms with Gasteiger partial charge in [0.15, 0.2) is 5.17 Å². The molecule has 0 bridgehead atoms. The molecule has 102 valence electrons. The molecule has 1 aliphatic heterocycles. The van der Waals surface area contributed by atoms with E-state index in [0.29, 0.717) is 0 Å². The highest BCUT2D eigenvalue weighted by atomic mass is 32.2. The molecule has 0 amide bonds. The van der Waals surface area contributed by atoms with Crippen LogP contribution in [0.4, 0.5) is 0 Å². The normalized spacial score (nSPS) is 17.9. The number of amidine groups is 1. The van der Waals surface area contributed by atoms with Crippen molar-refractivity contribution in [2.45, 2.75) is 26.3 Å². The topological polar surface area (TPSA) is 46.0 Å². The zero-order valence-electron chi connectivity index (χ0n) is 11.7. The van der Waals surface area contributed by atoms with Gasteiger partial charge in [-0.05, 0) is 32.9 Å². The molecule has 1 aliphatic rings. The third-order valence-electron chi connectivity index (χ3n) is 2.47. The summed E-state index contributed by atoms with van der Waals surface area (Å²) in [6.45, 7) is 6.22. The standard InChI is InChI=1S/C14H19N3OS/c1-14(2,3)15-13-17-16-12(9-19-13)10-6-5-7-11(8-10)18-4/h5-8H,9H2,1-4H3,(H,15,17). The van der Waals surface area contributed by atoms with Crippen LogP contribution in [-0.2, 0) is 0 Å². The highest BCUT2D eigenvalue weighted by molar-refractivity contribution is 8.14. The van der Waals surface area contributed by atoms with Crippen molar-refractivity contribution in [3.63, 3.8) is 0 Å². The van der Waals surface area contributed by atoms with Gasteiger partial charge in [-0.1, -0.05) is 23.9 Å². The van der Waals surface area contributed by atoms with Crippen LogP contribution >= 0.6 is 11.8 Å². The molecule has 1 aromatic carbocycles. The van der Waals surface area contributed by atoms with E-state index in [2.05, 4.69) is 36.3 Å². The van der Waals surface area contributed by atoms with Crippen molar-refractivity contribution in [1.82, 2.24) is 5.43 Å². The van der Waals surface area contributed by atoms with Crippen molar-refractivity contribution in [2.75, 3.05) is 12.9 Å². The average molecular weight is 277 g/mol. The second-order valence-corrected chi connectivity index (χ2v) is 6.24. The SMILES string of the molecule is COc1cccc(C2=NNC(=NC(C)(C)C)SC2)c1. The first-order chi connectivity index (χ1) is 8.98. The maximum Gasteiger partial charge on any atom is 0.178 e. The number of methoxy groups -OCH3 is 1. The van der Waals surface area contributed by atoms with E-state index in [1.54, 1.807) is 18.9 Å². The third kappa shape index (κ3) is 3.99. The van der Waals surface area contributed by atoms with Crippen molar-refractivity contribution >= 4 is 22.6 Å². The summed E-state index contributed by atoms with van der Waals surface area (Å²) < 4.78 is 5.23. The summed E-state index contributed by atoms with van der Waals surface area (Å²) in [5.74, 6) is 1.66. The van der Waals surface area contributed by atoms with Gasteiger partial charge in [0, 0.05) is 11.3 Å². The maximum atomic E-state index is 5.23. The van der Waals surface area contributed by atoms with Crippen LogP contribution < -0.4 is 10.2 Å². The Balaban J connectivity index is 2.14. The molecule has 0 spiro atoms. The highest BCUT2D eigenvalue weighted by Gasteiger charge is 2.16. The Kier molecular flexibility index (Phi) is 4.14. The zero-order chi connectivity index (χ0) is 13.9. The van der Waals surface area contributed by atoms with Crippen LogP contribution in [0, 0.1) is 0 Å². The summed E-state index contributed by atoms with van der Waals surface area (Å²) in [6.07, 6.45) is 0. The van der Waals surface area contributed by atoms with E-state index in [1.807, 2.05) is 24.3 Å². The molecule has 1 aromatic rings. The van der Waals surface area contributed by atoms with E-state index in [1.165, 1.54) is 0 Å². The molecule has 0 unspecified atom stereocenters. The number of rotatable bonds is 2. The minimum absolute atomic E-state index is 0.0850. The van der Waals surface area contributed by atoms with Gasteiger partial charge >= 0.3 is 0 Å². The van der Waals surface area contributed by atoms with Crippen molar-refractivity contribution in [3.05, 3.63) is 29.8 Å². The number of aliphatic imine (C=N–C) groups is 1. The molecule has 0 fully saturated rings. The molecule has 0 saturated carbocycles. The lowest BCUT2D eigenvalue weighted by Crippen LogP contribution is -2.28. The molecular weight excluding hydrogens is 258 g/mol. The van der Waals surface area contributed by atoms with E-state index in [-0.39, 0.29) is 5.54 Å². The molecule has 19 heavy (non-hydrogen) atoms. The van der Waals surface area contributed by atoms with E-state index in [4.69, 9.17) is 4.74 Å². The molecule has 4 nitrogen and oxygen atoms in total. The minimum Gasteiger partial charge on any atom is -0.497 e. The number of hydrogen-bond acceptors (Lipinski definition) is 4. The Morgan fingerprint density at radius 1 is 1.37 bits per heavy atom. The number of benzene rings is 1. The number of hydrazone groups is 1. The fourth-order valence-corrected chi connectivity index (χ4v) is 2.58. The van der Waals surface area contributed by atoms with E-state index < -0.39 is 0 Å². The second-order valence-electron chi connectivity index (χ2n) is 5.28. The first-order valence-corrected chi connectivity index (χ1v) is 7.16. The summed E-state index contributed by atoms with van der Waals surface area (Å²) in [7, 11) is 1.67. The lowest BCUT2D eigenvalue weighted by atomic mass is 10.1. The van der Waals surface area contributed by atoms with Gasteiger partial charge in [0.1, 0.15) is 5.75 Å². The maximum absolute atomic E-state index is 5.23. The van der Waals surface area contributed by atoms with E-state index in [0.717, 1.165) is 27.9 Å². The molecule has 1 N–H and O–H groups in total. The van der Waals surface area contributed by atoms with Crippen LogP contribution in [0.3, 0.4) is 0 Å². The van der Waals surface area contributed by atoms with Crippen LogP contribution in [0.1, 0.15) is 26.3 Å². The Bertz CT molecular complexity index is 518. The molecule has 5 heteroatoms. The van der Waals surface area contributed by atoms with E-state index >= 15 is 0 Å². The predicted molar refractivity (Wildman–Crippen MR) is 82.3 cm³/mol. The Morgan fingerprint density at radius 3 is 2.74 bits per heavy atom. The van der Waals surface area contributed by atoms with Crippen LogP contribution in [0.15, 0.2) is 34.4 Å². The van der Waals surface area contributed by atoms with Gasteiger partial charge in [-0.15, -0.1) is 0 Å². The highest BCUT2D eigenvalue weighted by Crippen LogP contribution is 2.19. The Labute approximate surface area is 118 Å². The van der Waals surface area contributed by atoms with Gasteiger partial charge in [-0.25, -0.2) is 0 Å². The summed E-state index contributed by atoms with van der Waals surface area (Å²) in [6, 6.07) is 7.93. The summed E-state index contributed by atoms with van der Waals surface area (Å²) in [5, 5.41) is 5.27. The largest absolute Gasteiger partial charge is 0.497 e.